The molecule has 0 aliphatic carbocycles. The van der Waals surface area contributed by atoms with Crippen LogP contribution in [0, 0.1) is 5.82 Å². The van der Waals surface area contributed by atoms with Crippen molar-refractivity contribution in [3.05, 3.63) is 66.0 Å². The van der Waals surface area contributed by atoms with E-state index < -0.39 is 15.8 Å². The van der Waals surface area contributed by atoms with Crippen molar-refractivity contribution in [3.8, 4) is 11.1 Å². The lowest BCUT2D eigenvalue weighted by Crippen LogP contribution is -2.13. The molecule has 2 rings (SSSR count). The third-order valence-corrected chi connectivity index (χ3v) is 5.53. The van der Waals surface area contributed by atoms with Crippen molar-refractivity contribution in [2.24, 2.45) is 0 Å². The van der Waals surface area contributed by atoms with Gasteiger partial charge in [-0.05, 0) is 40.6 Å². The van der Waals surface area contributed by atoms with Gasteiger partial charge >= 0.3 is 0 Å². The van der Waals surface area contributed by atoms with Crippen LogP contribution in [0.2, 0.25) is 0 Å². The summed E-state index contributed by atoms with van der Waals surface area (Å²) in [5, 5.41) is 0. The number of rotatable bonds is 7. The van der Waals surface area contributed by atoms with E-state index in [2.05, 4.69) is 36.8 Å². The number of hydrogen-bond acceptors (Lipinski definition) is 4. The van der Waals surface area contributed by atoms with Crippen molar-refractivity contribution in [2.75, 3.05) is 11.0 Å². The molecule has 0 aliphatic heterocycles. The molecule has 8 heteroatoms. The Kier molecular flexibility index (Phi) is 7.13. The van der Waals surface area contributed by atoms with Crippen molar-refractivity contribution < 1.29 is 17.6 Å². The highest BCUT2D eigenvalue weighted by atomic mass is 32.2. The van der Waals surface area contributed by atoms with Crippen molar-refractivity contribution in [3.63, 3.8) is 0 Å². The summed E-state index contributed by atoms with van der Waals surface area (Å²) in [6.07, 6.45) is 2.15. The maximum Gasteiger partial charge on any atom is 0.253 e. The lowest BCUT2D eigenvalue weighted by Gasteiger charge is -2.20. The minimum absolute atomic E-state index is 0.0627. The summed E-state index contributed by atoms with van der Waals surface area (Å²) in [7, 11) is -3.59. The second-order valence-corrected chi connectivity index (χ2v) is 10.2. The lowest BCUT2D eigenvalue weighted by atomic mass is 9.86. The molecule has 2 aromatic rings. The smallest absolute Gasteiger partial charge is 0.253 e. The van der Waals surface area contributed by atoms with Gasteiger partial charge in [-0.25, -0.2) is 12.8 Å². The third-order valence-electron chi connectivity index (χ3n) is 4.14. The van der Waals surface area contributed by atoms with Crippen LogP contribution in [0.1, 0.15) is 31.9 Å². The Labute approximate surface area is 176 Å². The monoisotopic (exact) mass is 436 g/mol. The predicted octanol–water partition coefficient (Wildman–Crippen LogP) is 4.61. The van der Waals surface area contributed by atoms with Crippen LogP contribution in [0.5, 0.6) is 0 Å². The van der Waals surface area contributed by atoms with E-state index in [0.717, 1.165) is 29.8 Å². The Bertz CT molecular complexity index is 1010. The fourth-order valence-electron chi connectivity index (χ4n) is 2.66. The summed E-state index contributed by atoms with van der Waals surface area (Å²) in [5.41, 5.74) is 2.25. The van der Waals surface area contributed by atoms with Gasteiger partial charge in [0.1, 0.15) is 5.82 Å². The average molecular weight is 437 g/mol. The van der Waals surface area contributed by atoms with E-state index in [0.29, 0.717) is 11.1 Å². The summed E-state index contributed by atoms with van der Waals surface area (Å²) < 4.78 is 43.8. The number of nitrogens with one attached hydrogen (secondary N) is 2. The first-order valence-electron chi connectivity index (χ1n) is 8.86. The van der Waals surface area contributed by atoms with Gasteiger partial charge in [0.05, 0.1) is 11.9 Å². The number of carbonyl (C=O) groups is 1. The Morgan fingerprint density at radius 2 is 1.79 bits per heavy atom. The molecule has 5 nitrogen and oxygen atoms in total. The van der Waals surface area contributed by atoms with Gasteiger partial charge < -0.3 is 0 Å². The van der Waals surface area contributed by atoms with Crippen LogP contribution in [-0.4, -0.2) is 20.6 Å². The minimum atomic E-state index is -3.59. The Balaban J connectivity index is 2.48. The Hall–Kier alpha value is -2.32. The molecular formula is C21H25FN2O3S2. The van der Waals surface area contributed by atoms with E-state index >= 15 is 4.39 Å². The number of anilines is 1. The molecule has 0 radical (unpaired) electrons. The van der Waals surface area contributed by atoms with Crippen molar-refractivity contribution >= 4 is 33.6 Å². The molecule has 2 N–H and O–H groups in total. The van der Waals surface area contributed by atoms with Gasteiger partial charge in [0.2, 0.25) is 10.0 Å². The molecule has 0 saturated carbocycles. The molecule has 0 fully saturated rings. The average Bonchev–Trinajstić information content (AvgIpc) is 2.61. The molecule has 0 aromatic heterocycles. The molecule has 0 bridgehead atoms. The highest BCUT2D eigenvalue weighted by Gasteiger charge is 2.19. The van der Waals surface area contributed by atoms with E-state index in [4.69, 9.17) is 0 Å². The van der Waals surface area contributed by atoms with Gasteiger partial charge in [0.15, 0.2) is 0 Å². The first kappa shape index (κ1) is 23.0. The van der Waals surface area contributed by atoms with E-state index in [1.54, 1.807) is 12.1 Å². The summed E-state index contributed by atoms with van der Waals surface area (Å²) >= 11 is 1.03. The van der Waals surface area contributed by atoms with E-state index in [1.165, 1.54) is 12.1 Å². The molecular weight excluding hydrogens is 411 g/mol. The normalized spacial score (nSPS) is 11.8. The molecule has 156 valence electrons. The van der Waals surface area contributed by atoms with Crippen LogP contribution >= 0.6 is 11.9 Å². The second kappa shape index (κ2) is 9.00. The number of benzene rings is 2. The molecule has 29 heavy (non-hydrogen) atoms. The quantitative estimate of drug-likeness (QED) is 0.491. The second-order valence-electron chi connectivity index (χ2n) is 7.62. The Morgan fingerprint density at radius 1 is 1.17 bits per heavy atom. The van der Waals surface area contributed by atoms with E-state index in [9.17, 15) is 13.2 Å². The van der Waals surface area contributed by atoms with Crippen LogP contribution in [-0.2, 0) is 26.0 Å². The van der Waals surface area contributed by atoms with Crippen molar-refractivity contribution in [2.45, 2.75) is 31.9 Å². The summed E-state index contributed by atoms with van der Waals surface area (Å²) in [5.74, 6) is -0.733. The maximum absolute atomic E-state index is 15.4. The molecule has 2 aromatic carbocycles. The molecule has 0 saturated heterocycles. The zero-order chi connectivity index (χ0) is 21.8. The summed E-state index contributed by atoms with van der Waals surface area (Å²) in [6, 6.07) is 10.4. The highest BCUT2D eigenvalue weighted by molar-refractivity contribution is 7.97. The van der Waals surface area contributed by atoms with Gasteiger partial charge in [0.25, 0.3) is 5.91 Å². The third kappa shape index (κ3) is 6.33. The first-order chi connectivity index (χ1) is 13.4. The lowest BCUT2D eigenvalue weighted by molar-refractivity contribution is -0.114. The Morgan fingerprint density at radius 3 is 2.31 bits per heavy atom. The van der Waals surface area contributed by atoms with Crippen LogP contribution in [0.15, 0.2) is 49.1 Å². The molecule has 0 spiro atoms. The molecule has 0 aliphatic rings. The maximum atomic E-state index is 15.4. The minimum Gasteiger partial charge on any atom is -0.296 e. The van der Waals surface area contributed by atoms with Crippen LogP contribution in [0.25, 0.3) is 11.1 Å². The number of hydrogen-bond donors (Lipinski definition) is 2. The standard InChI is InChI=1S/C21H25FN2O3S2/c1-6-18(25)23-28-13-15-9-12-17(24-29(5,26)27)19(20(15)22)14-7-10-16(11-8-14)21(2,3)4/h6-12,24H,1,13H2,2-5H3,(H,23,25). The molecule has 1 amide bonds. The SMILES string of the molecule is C=CC(=O)NSCc1ccc(NS(C)(=O)=O)c(-c2ccc(C(C)(C)C)cc2)c1F. The number of halogens is 1. The number of sulfonamides is 1. The number of amides is 1. The van der Waals surface area contributed by atoms with Gasteiger partial charge in [-0.2, -0.15) is 0 Å². The fraction of sp³-hybridized carbons (Fsp3) is 0.286. The zero-order valence-electron chi connectivity index (χ0n) is 16.9. The number of carbonyl (C=O) groups excluding carboxylic acids is 1. The van der Waals surface area contributed by atoms with Gasteiger partial charge in [-0.3, -0.25) is 14.2 Å². The summed E-state index contributed by atoms with van der Waals surface area (Å²) in [6.45, 7) is 9.60. The molecule has 0 unspecified atom stereocenters. The van der Waals surface area contributed by atoms with Gasteiger partial charge in [-0.15, -0.1) is 0 Å². The van der Waals surface area contributed by atoms with Crippen molar-refractivity contribution in [1.29, 1.82) is 0 Å². The van der Waals surface area contributed by atoms with E-state index in [1.807, 2.05) is 12.1 Å². The summed E-state index contributed by atoms with van der Waals surface area (Å²) in [4.78, 5) is 11.3. The predicted molar refractivity (Wildman–Crippen MR) is 119 cm³/mol. The molecule has 0 heterocycles. The van der Waals surface area contributed by atoms with Crippen LogP contribution in [0.3, 0.4) is 0 Å². The van der Waals surface area contributed by atoms with Gasteiger partial charge in [0, 0.05) is 16.9 Å². The van der Waals surface area contributed by atoms with Crippen LogP contribution in [0.4, 0.5) is 10.1 Å². The highest BCUT2D eigenvalue weighted by Crippen LogP contribution is 2.35. The van der Waals surface area contributed by atoms with Crippen LogP contribution < -0.4 is 9.44 Å². The zero-order valence-corrected chi connectivity index (χ0v) is 18.5. The first-order valence-corrected chi connectivity index (χ1v) is 11.7. The van der Waals surface area contributed by atoms with E-state index in [-0.39, 0.29) is 28.3 Å². The van der Waals surface area contributed by atoms with Crippen molar-refractivity contribution in [1.82, 2.24) is 4.72 Å². The fourth-order valence-corrected chi connectivity index (χ4v) is 3.91. The van der Waals surface area contributed by atoms with Gasteiger partial charge in [-0.1, -0.05) is 57.7 Å². The molecule has 0 atom stereocenters. The largest absolute Gasteiger partial charge is 0.296 e. The topological polar surface area (TPSA) is 75.3 Å².